The molecule has 14 heavy (non-hydrogen) atoms. The van der Waals surface area contributed by atoms with E-state index < -0.39 is 0 Å². The van der Waals surface area contributed by atoms with Gasteiger partial charge >= 0.3 is 5.97 Å². The van der Waals surface area contributed by atoms with Gasteiger partial charge in [-0.3, -0.25) is 0 Å². The van der Waals surface area contributed by atoms with E-state index >= 15 is 0 Å². The maximum atomic E-state index is 10.8. The zero-order valence-corrected chi connectivity index (χ0v) is 9.12. The molecule has 0 fully saturated rings. The molecular formula is C12H18O2. The highest BCUT2D eigenvalue weighted by Crippen LogP contribution is 1.98. The fourth-order valence-electron chi connectivity index (χ4n) is 0.692. The quantitative estimate of drug-likeness (QED) is 0.675. The van der Waals surface area contributed by atoms with Crippen LogP contribution in [0.15, 0.2) is 30.3 Å². The Labute approximate surface area is 85.9 Å². The van der Waals surface area contributed by atoms with Gasteiger partial charge in [0.1, 0.15) is 0 Å². The van der Waals surface area contributed by atoms with E-state index in [0.717, 1.165) is 0 Å². The van der Waals surface area contributed by atoms with Crippen LogP contribution in [0.2, 0.25) is 0 Å². The van der Waals surface area contributed by atoms with Gasteiger partial charge in [0.15, 0.2) is 0 Å². The lowest BCUT2D eigenvalue weighted by Crippen LogP contribution is -1.99. The lowest BCUT2D eigenvalue weighted by molar-refractivity contribution is 0.0601. The molecule has 0 radical (unpaired) electrons. The Bertz CT molecular complexity index is 240. The molecule has 0 aliphatic rings. The highest BCUT2D eigenvalue weighted by Gasteiger charge is 2.00. The number of hydrogen-bond acceptors (Lipinski definition) is 2. The largest absolute Gasteiger partial charge is 0.465 e. The van der Waals surface area contributed by atoms with Gasteiger partial charge in [-0.1, -0.05) is 44.9 Å². The fraction of sp³-hybridized carbons (Fsp3) is 0.417. The van der Waals surface area contributed by atoms with Crippen LogP contribution in [0.4, 0.5) is 0 Å². The van der Waals surface area contributed by atoms with Gasteiger partial charge in [0.2, 0.25) is 0 Å². The monoisotopic (exact) mass is 194 g/mol. The summed E-state index contributed by atoms with van der Waals surface area (Å²) >= 11 is 0. The summed E-state index contributed by atoms with van der Waals surface area (Å²) in [6.45, 7) is 4.36. The van der Waals surface area contributed by atoms with E-state index in [1.165, 1.54) is 20.0 Å². The molecule has 0 saturated heterocycles. The molecule has 0 bridgehead atoms. The molecule has 0 unspecified atom stereocenters. The summed E-state index contributed by atoms with van der Waals surface area (Å²) in [6.07, 6.45) is 2.64. The van der Waals surface area contributed by atoms with Crippen molar-refractivity contribution in [2.45, 2.75) is 26.7 Å². The number of unbranched alkanes of at least 4 members (excludes halogenated alkanes) is 1. The van der Waals surface area contributed by atoms with Crippen molar-refractivity contribution in [3.05, 3.63) is 35.9 Å². The summed E-state index contributed by atoms with van der Waals surface area (Å²) in [5.74, 6) is -0.291. The normalized spacial score (nSPS) is 8.50. The molecule has 2 nitrogen and oxygen atoms in total. The zero-order valence-electron chi connectivity index (χ0n) is 9.12. The minimum Gasteiger partial charge on any atom is -0.465 e. The fourth-order valence-corrected chi connectivity index (χ4v) is 0.692. The van der Waals surface area contributed by atoms with Crippen LogP contribution in [0.3, 0.4) is 0 Å². The van der Waals surface area contributed by atoms with Crippen molar-refractivity contribution < 1.29 is 9.53 Å². The summed E-state index contributed by atoms with van der Waals surface area (Å²) in [4.78, 5) is 10.8. The standard InChI is InChI=1S/C8H8O2.C4H10/c1-10-8(9)7-5-3-2-4-6-7;1-3-4-2/h2-6H,1H3;3-4H2,1-2H3. The van der Waals surface area contributed by atoms with E-state index in [0.29, 0.717) is 5.56 Å². The number of benzene rings is 1. The maximum absolute atomic E-state index is 10.8. The van der Waals surface area contributed by atoms with Crippen LogP contribution >= 0.6 is 0 Å². The van der Waals surface area contributed by atoms with Gasteiger partial charge in [0.25, 0.3) is 0 Å². The zero-order chi connectivity index (χ0) is 10.8. The van der Waals surface area contributed by atoms with Crippen LogP contribution in [0.5, 0.6) is 0 Å². The van der Waals surface area contributed by atoms with Crippen LogP contribution < -0.4 is 0 Å². The van der Waals surface area contributed by atoms with E-state index in [9.17, 15) is 4.79 Å². The predicted molar refractivity (Wildman–Crippen MR) is 58.4 cm³/mol. The minimum absolute atomic E-state index is 0.291. The van der Waals surface area contributed by atoms with Crippen molar-refractivity contribution in [3.8, 4) is 0 Å². The van der Waals surface area contributed by atoms with Crippen molar-refractivity contribution in [2.24, 2.45) is 0 Å². The van der Waals surface area contributed by atoms with Crippen LogP contribution in [-0.4, -0.2) is 13.1 Å². The first kappa shape index (κ1) is 12.7. The second kappa shape index (κ2) is 8.30. The Kier molecular flexibility index (Phi) is 7.52. The van der Waals surface area contributed by atoms with Crippen LogP contribution in [0.25, 0.3) is 0 Å². The van der Waals surface area contributed by atoms with E-state index in [1.807, 2.05) is 6.07 Å². The molecule has 78 valence electrons. The molecule has 1 aromatic carbocycles. The number of carbonyl (C=O) groups excluding carboxylic acids is 1. The van der Waals surface area contributed by atoms with Crippen molar-refractivity contribution in [3.63, 3.8) is 0 Å². The number of methoxy groups -OCH3 is 1. The van der Waals surface area contributed by atoms with Gasteiger partial charge in [-0.05, 0) is 12.1 Å². The molecule has 1 rings (SSSR count). The third-order valence-electron chi connectivity index (χ3n) is 1.69. The molecule has 0 aliphatic carbocycles. The van der Waals surface area contributed by atoms with Gasteiger partial charge in [-0.25, -0.2) is 4.79 Å². The third kappa shape index (κ3) is 5.36. The first-order chi connectivity index (χ1) is 6.76. The van der Waals surface area contributed by atoms with E-state index in [2.05, 4.69) is 18.6 Å². The molecule has 0 heterocycles. The molecule has 1 aromatic rings. The Hall–Kier alpha value is -1.31. The lowest BCUT2D eigenvalue weighted by Gasteiger charge is -1.95. The van der Waals surface area contributed by atoms with Crippen molar-refractivity contribution >= 4 is 5.97 Å². The third-order valence-corrected chi connectivity index (χ3v) is 1.69. The number of carbonyl (C=O) groups is 1. The molecule has 0 N–H and O–H groups in total. The average molecular weight is 194 g/mol. The van der Waals surface area contributed by atoms with Crippen molar-refractivity contribution in [1.29, 1.82) is 0 Å². The molecule has 0 aliphatic heterocycles. The Morgan fingerprint density at radius 1 is 1.14 bits per heavy atom. The van der Waals surface area contributed by atoms with Gasteiger partial charge in [-0.15, -0.1) is 0 Å². The van der Waals surface area contributed by atoms with Crippen molar-refractivity contribution in [2.75, 3.05) is 7.11 Å². The average Bonchev–Trinajstić information content (AvgIpc) is 2.29. The van der Waals surface area contributed by atoms with Gasteiger partial charge in [-0.2, -0.15) is 0 Å². The minimum atomic E-state index is -0.291. The van der Waals surface area contributed by atoms with Gasteiger partial charge < -0.3 is 4.74 Å². The van der Waals surface area contributed by atoms with E-state index in [1.54, 1.807) is 24.3 Å². The topological polar surface area (TPSA) is 26.3 Å². The smallest absolute Gasteiger partial charge is 0.337 e. The maximum Gasteiger partial charge on any atom is 0.337 e. The second-order valence-corrected chi connectivity index (χ2v) is 2.86. The Balaban J connectivity index is 0.000000364. The summed E-state index contributed by atoms with van der Waals surface area (Å²) < 4.78 is 4.50. The molecule has 0 aromatic heterocycles. The number of rotatable bonds is 2. The van der Waals surface area contributed by atoms with E-state index in [4.69, 9.17) is 0 Å². The first-order valence-electron chi connectivity index (χ1n) is 4.89. The molecule has 0 atom stereocenters. The number of hydrogen-bond donors (Lipinski definition) is 0. The highest BCUT2D eigenvalue weighted by molar-refractivity contribution is 5.89. The van der Waals surface area contributed by atoms with E-state index in [-0.39, 0.29) is 5.97 Å². The van der Waals surface area contributed by atoms with Gasteiger partial charge in [0, 0.05) is 0 Å². The molecule has 0 amide bonds. The number of esters is 1. The lowest BCUT2D eigenvalue weighted by atomic mass is 10.2. The Morgan fingerprint density at radius 2 is 1.64 bits per heavy atom. The molecule has 0 spiro atoms. The Morgan fingerprint density at radius 3 is 2.00 bits per heavy atom. The summed E-state index contributed by atoms with van der Waals surface area (Å²) in [5, 5.41) is 0. The van der Waals surface area contributed by atoms with Crippen LogP contribution in [0.1, 0.15) is 37.0 Å². The molecule has 2 heteroatoms. The molecular weight excluding hydrogens is 176 g/mol. The summed E-state index contributed by atoms with van der Waals surface area (Å²) in [5.41, 5.74) is 0.588. The van der Waals surface area contributed by atoms with Crippen molar-refractivity contribution in [1.82, 2.24) is 0 Å². The second-order valence-electron chi connectivity index (χ2n) is 2.86. The van der Waals surface area contributed by atoms with Crippen LogP contribution in [-0.2, 0) is 4.74 Å². The highest BCUT2D eigenvalue weighted by atomic mass is 16.5. The number of ether oxygens (including phenoxy) is 1. The predicted octanol–water partition coefficient (Wildman–Crippen LogP) is 3.28. The summed E-state index contributed by atoms with van der Waals surface area (Å²) in [7, 11) is 1.37. The van der Waals surface area contributed by atoms with Gasteiger partial charge in [0.05, 0.1) is 12.7 Å². The molecule has 0 saturated carbocycles. The van der Waals surface area contributed by atoms with Crippen LogP contribution in [0, 0.1) is 0 Å². The first-order valence-corrected chi connectivity index (χ1v) is 4.89. The SMILES string of the molecule is CCCC.COC(=O)c1ccccc1. The summed E-state index contributed by atoms with van der Waals surface area (Å²) in [6, 6.07) is 8.88.